The van der Waals surface area contributed by atoms with Crippen LogP contribution in [-0.4, -0.2) is 14.1 Å². The van der Waals surface area contributed by atoms with Crippen LogP contribution in [0.5, 0.6) is 0 Å². The van der Waals surface area contributed by atoms with Gasteiger partial charge in [-0.1, -0.05) is 72.8 Å². The molecule has 45 heavy (non-hydrogen) atoms. The zero-order valence-electron chi connectivity index (χ0n) is 24.2. The SMILES string of the molecule is c1cnc(-c2ccc3oc4ccc(-n5c6ccccc6c6ccccc65)cc4c3c2)c(-n2c3ccccc3c3ccccc32)c1. The van der Waals surface area contributed by atoms with Crippen molar-refractivity contribution in [2.45, 2.75) is 0 Å². The summed E-state index contributed by atoms with van der Waals surface area (Å²) in [7, 11) is 0. The molecule has 0 saturated carbocycles. The van der Waals surface area contributed by atoms with E-state index in [0.717, 1.165) is 44.6 Å². The zero-order chi connectivity index (χ0) is 29.5. The quantitative estimate of drug-likeness (QED) is 0.210. The molecule has 0 aliphatic rings. The summed E-state index contributed by atoms with van der Waals surface area (Å²) in [5.41, 5.74) is 10.6. The van der Waals surface area contributed by atoms with E-state index in [9.17, 15) is 0 Å². The zero-order valence-corrected chi connectivity index (χ0v) is 24.2. The first-order valence-corrected chi connectivity index (χ1v) is 15.2. The topological polar surface area (TPSA) is 35.9 Å². The lowest BCUT2D eigenvalue weighted by atomic mass is 10.0. The Kier molecular flexibility index (Phi) is 4.96. The fourth-order valence-electron chi connectivity index (χ4n) is 7.23. The molecule has 0 unspecified atom stereocenters. The number of pyridine rings is 1. The Morgan fingerprint density at radius 3 is 1.53 bits per heavy atom. The first kappa shape index (κ1) is 24.3. The Labute approximate surface area is 258 Å². The smallest absolute Gasteiger partial charge is 0.135 e. The minimum Gasteiger partial charge on any atom is -0.456 e. The van der Waals surface area contributed by atoms with Crippen LogP contribution in [0, 0.1) is 0 Å². The van der Waals surface area contributed by atoms with Crippen LogP contribution in [0.3, 0.4) is 0 Å². The van der Waals surface area contributed by atoms with Crippen molar-refractivity contribution in [2.24, 2.45) is 0 Å². The molecule has 0 bridgehead atoms. The number of nitrogens with zero attached hydrogens (tertiary/aromatic N) is 3. The monoisotopic (exact) mass is 575 g/mol. The highest BCUT2D eigenvalue weighted by molar-refractivity contribution is 6.12. The molecule has 10 rings (SSSR count). The van der Waals surface area contributed by atoms with E-state index in [4.69, 9.17) is 9.40 Å². The number of hydrogen-bond donors (Lipinski definition) is 0. The van der Waals surface area contributed by atoms with Gasteiger partial charge in [-0.2, -0.15) is 0 Å². The lowest BCUT2D eigenvalue weighted by molar-refractivity contribution is 0.669. The van der Waals surface area contributed by atoms with E-state index >= 15 is 0 Å². The Bertz CT molecular complexity index is 2670. The molecule has 0 fully saturated rings. The van der Waals surface area contributed by atoms with Crippen molar-refractivity contribution in [3.05, 3.63) is 152 Å². The standard InChI is InChI=1S/C41H25N3O/c1-5-14-34-28(10-1)29-11-2-6-15-35(29)43(34)27-20-22-40-33(25-27)32-24-26(19-21-39(32)45-40)41-38(18-9-23-42-41)44-36-16-7-3-12-30(36)31-13-4-8-17-37(31)44/h1-25H. The number of benzene rings is 6. The second kappa shape index (κ2) is 9.18. The third-order valence-corrected chi connectivity index (χ3v) is 9.17. The predicted molar refractivity (Wildman–Crippen MR) is 186 cm³/mol. The van der Waals surface area contributed by atoms with E-state index in [1.807, 2.05) is 12.3 Å². The molecule has 0 N–H and O–H groups in total. The van der Waals surface area contributed by atoms with Gasteiger partial charge in [0.2, 0.25) is 0 Å². The van der Waals surface area contributed by atoms with Crippen molar-refractivity contribution in [1.82, 2.24) is 14.1 Å². The fourth-order valence-corrected chi connectivity index (χ4v) is 7.23. The van der Waals surface area contributed by atoms with Crippen molar-refractivity contribution in [1.29, 1.82) is 0 Å². The van der Waals surface area contributed by atoms with Crippen LogP contribution in [-0.2, 0) is 0 Å². The maximum absolute atomic E-state index is 6.37. The van der Waals surface area contributed by atoms with Crippen LogP contribution in [0.1, 0.15) is 0 Å². The molecule has 6 aromatic carbocycles. The molecule has 0 radical (unpaired) electrons. The number of aromatic nitrogens is 3. The van der Waals surface area contributed by atoms with Gasteiger partial charge >= 0.3 is 0 Å². The van der Waals surface area contributed by atoms with Gasteiger partial charge in [0, 0.05) is 49.8 Å². The molecule has 0 aliphatic heterocycles. The highest BCUT2D eigenvalue weighted by Crippen LogP contribution is 2.39. The van der Waals surface area contributed by atoms with Gasteiger partial charge in [-0.15, -0.1) is 0 Å². The van der Waals surface area contributed by atoms with Crippen molar-refractivity contribution in [2.75, 3.05) is 0 Å². The lowest BCUT2D eigenvalue weighted by Gasteiger charge is -2.13. The first-order chi connectivity index (χ1) is 22.3. The minimum atomic E-state index is 0.863. The average Bonchev–Trinajstić information content (AvgIpc) is 3.75. The number of rotatable bonds is 3. The minimum absolute atomic E-state index is 0.863. The van der Waals surface area contributed by atoms with Crippen molar-refractivity contribution >= 4 is 65.6 Å². The Hall–Kier alpha value is -6.13. The van der Waals surface area contributed by atoms with Gasteiger partial charge in [0.15, 0.2) is 0 Å². The molecule has 0 aliphatic carbocycles. The summed E-state index contributed by atoms with van der Waals surface area (Å²) >= 11 is 0. The maximum atomic E-state index is 6.37. The Balaban J connectivity index is 1.20. The first-order valence-electron chi connectivity index (χ1n) is 15.2. The van der Waals surface area contributed by atoms with E-state index in [1.165, 1.54) is 43.6 Å². The third-order valence-electron chi connectivity index (χ3n) is 9.17. The van der Waals surface area contributed by atoms with Crippen LogP contribution in [0.15, 0.2) is 156 Å². The maximum Gasteiger partial charge on any atom is 0.135 e. The van der Waals surface area contributed by atoms with E-state index < -0.39 is 0 Å². The summed E-state index contributed by atoms with van der Waals surface area (Å²) in [4.78, 5) is 4.96. The predicted octanol–water partition coefficient (Wildman–Crippen LogP) is 10.8. The summed E-state index contributed by atoms with van der Waals surface area (Å²) in [6.07, 6.45) is 1.88. The van der Waals surface area contributed by atoms with Crippen LogP contribution >= 0.6 is 0 Å². The van der Waals surface area contributed by atoms with Crippen LogP contribution in [0.25, 0.3) is 88.2 Å². The van der Waals surface area contributed by atoms with Crippen LogP contribution in [0.4, 0.5) is 0 Å². The van der Waals surface area contributed by atoms with Gasteiger partial charge in [0.1, 0.15) is 11.2 Å². The van der Waals surface area contributed by atoms with Crippen LogP contribution < -0.4 is 0 Å². The summed E-state index contributed by atoms with van der Waals surface area (Å²) in [5, 5.41) is 7.12. The molecule has 0 spiro atoms. The van der Waals surface area contributed by atoms with Gasteiger partial charge in [0.25, 0.3) is 0 Å². The number of para-hydroxylation sites is 4. The number of fused-ring (bicyclic) bond motifs is 9. The molecule has 4 heterocycles. The molecule has 4 aromatic heterocycles. The highest BCUT2D eigenvalue weighted by Gasteiger charge is 2.18. The average molecular weight is 576 g/mol. The molecular weight excluding hydrogens is 550 g/mol. The molecule has 0 amide bonds. The number of furan rings is 1. The molecular formula is C41H25N3O. The van der Waals surface area contributed by atoms with Crippen LogP contribution in [0.2, 0.25) is 0 Å². The molecule has 4 heteroatoms. The van der Waals surface area contributed by atoms with Gasteiger partial charge < -0.3 is 13.6 Å². The summed E-state index contributed by atoms with van der Waals surface area (Å²) in [6, 6.07) is 51.6. The van der Waals surface area contributed by atoms with Gasteiger partial charge in [-0.3, -0.25) is 4.98 Å². The Morgan fingerprint density at radius 1 is 0.422 bits per heavy atom. The lowest BCUT2D eigenvalue weighted by Crippen LogP contribution is -1.98. The van der Waals surface area contributed by atoms with Crippen molar-refractivity contribution in [3.63, 3.8) is 0 Å². The molecule has 4 nitrogen and oxygen atoms in total. The fraction of sp³-hybridized carbons (Fsp3) is 0. The second-order valence-corrected chi connectivity index (χ2v) is 11.6. The van der Waals surface area contributed by atoms with E-state index in [2.05, 4.69) is 149 Å². The van der Waals surface area contributed by atoms with Gasteiger partial charge in [-0.25, -0.2) is 0 Å². The second-order valence-electron chi connectivity index (χ2n) is 11.6. The van der Waals surface area contributed by atoms with E-state index in [0.29, 0.717) is 0 Å². The highest BCUT2D eigenvalue weighted by atomic mass is 16.3. The molecule has 0 saturated heterocycles. The normalized spacial score (nSPS) is 12.0. The summed E-state index contributed by atoms with van der Waals surface area (Å²) < 4.78 is 11.1. The molecule has 0 atom stereocenters. The van der Waals surface area contributed by atoms with E-state index in [1.54, 1.807) is 0 Å². The summed E-state index contributed by atoms with van der Waals surface area (Å²) in [5.74, 6) is 0. The van der Waals surface area contributed by atoms with Crippen molar-refractivity contribution in [3.8, 4) is 22.6 Å². The van der Waals surface area contributed by atoms with Crippen molar-refractivity contribution < 1.29 is 4.42 Å². The van der Waals surface area contributed by atoms with Gasteiger partial charge in [0.05, 0.1) is 33.4 Å². The number of hydrogen-bond acceptors (Lipinski definition) is 2. The summed E-state index contributed by atoms with van der Waals surface area (Å²) in [6.45, 7) is 0. The molecule has 10 aromatic rings. The van der Waals surface area contributed by atoms with E-state index in [-0.39, 0.29) is 0 Å². The molecule has 210 valence electrons. The third kappa shape index (κ3) is 3.45. The van der Waals surface area contributed by atoms with Gasteiger partial charge in [-0.05, 0) is 72.8 Å². The Morgan fingerprint density at radius 2 is 0.933 bits per heavy atom. The largest absolute Gasteiger partial charge is 0.456 e.